The quantitative estimate of drug-likeness (QED) is 0.691. The molecule has 1 aromatic carbocycles. The molecule has 0 saturated carbocycles. The molecular weight excluding hydrogens is 214 g/mol. The van der Waals surface area contributed by atoms with E-state index in [2.05, 4.69) is 10.1 Å². The molecule has 0 amide bonds. The summed E-state index contributed by atoms with van der Waals surface area (Å²) in [6.07, 6.45) is 3.52. The van der Waals surface area contributed by atoms with E-state index in [-0.39, 0.29) is 5.75 Å². The molecule has 0 bridgehead atoms. The zero-order valence-electron chi connectivity index (χ0n) is 9.33. The van der Waals surface area contributed by atoms with Crippen molar-refractivity contribution in [3.8, 4) is 16.9 Å². The number of aromatic nitrogens is 3. The lowest BCUT2D eigenvalue weighted by molar-refractivity contribution is 0.477. The molecule has 0 aliphatic heterocycles. The topological polar surface area (TPSA) is 50.9 Å². The molecule has 0 aliphatic carbocycles. The van der Waals surface area contributed by atoms with Gasteiger partial charge in [0.05, 0.1) is 6.20 Å². The summed E-state index contributed by atoms with van der Waals surface area (Å²) in [5.74, 6) is 0.262. The van der Waals surface area contributed by atoms with Crippen LogP contribution in [0.1, 0.15) is 0 Å². The minimum absolute atomic E-state index is 0.262. The third kappa shape index (κ3) is 1.54. The molecule has 4 nitrogen and oxygen atoms in total. The van der Waals surface area contributed by atoms with Crippen LogP contribution in [-0.2, 0) is 7.05 Å². The van der Waals surface area contributed by atoms with E-state index in [1.54, 1.807) is 29.2 Å². The highest BCUT2D eigenvalue weighted by atomic mass is 16.3. The number of rotatable bonds is 1. The van der Waals surface area contributed by atoms with Crippen molar-refractivity contribution >= 4 is 11.0 Å². The monoisotopic (exact) mass is 225 g/mol. The van der Waals surface area contributed by atoms with E-state index in [1.807, 2.05) is 25.2 Å². The predicted octanol–water partition coefficient (Wildman–Crippen LogP) is 2.34. The van der Waals surface area contributed by atoms with Gasteiger partial charge >= 0.3 is 0 Å². The first-order chi connectivity index (χ1) is 8.25. The predicted molar refractivity (Wildman–Crippen MR) is 65.6 cm³/mol. The maximum Gasteiger partial charge on any atom is 0.157 e. The van der Waals surface area contributed by atoms with Crippen molar-refractivity contribution in [2.24, 2.45) is 7.05 Å². The van der Waals surface area contributed by atoms with Crippen LogP contribution in [-0.4, -0.2) is 19.9 Å². The Balaban J connectivity index is 2.22. The molecule has 0 fully saturated rings. The summed E-state index contributed by atoms with van der Waals surface area (Å²) in [7, 11) is 1.86. The lowest BCUT2D eigenvalue weighted by Crippen LogP contribution is -1.91. The maximum absolute atomic E-state index is 9.79. The van der Waals surface area contributed by atoms with E-state index in [0.717, 1.165) is 22.2 Å². The average Bonchev–Trinajstić information content (AvgIpc) is 2.71. The number of aryl methyl sites for hydroxylation is 1. The minimum Gasteiger partial charge on any atom is -0.507 e. The maximum atomic E-state index is 9.79. The highest BCUT2D eigenvalue weighted by Crippen LogP contribution is 2.29. The van der Waals surface area contributed by atoms with E-state index >= 15 is 0 Å². The summed E-state index contributed by atoms with van der Waals surface area (Å²) in [6.45, 7) is 0. The molecule has 0 unspecified atom stereocenters. The van der Waals surface area contributed by atoms with Crippen molar-refractivity contribution in [2.45, 2.75) is 0 Å². The SMILES string of the molecule is Cn1ncc2cc(-c3ccccc3O)cnc21. The molecule has 1 N–H and O–H groups in total. The molecule has 3 rings (SSSR count). The van der Waals surface area contributed by atoms with Gasteiger partial charge in [0, 0.05) is 29.8 Å². The van der Waals surface area contributed by atoms with Gasteiger partial charge in [-0.25, -0.2) is 4.98 Å². The van der Waals surface area contributed by atoms with Crippen LogP contribution < -0.4 is 0 Å². The number of hydrogen-bond donors (Lipinski definition) is 1. The summed E-state index contributed by atoms with van der Waals surface area (Å²) in [5, 5.41) is 14.9. The van der Waals surface area contributed by atoms with Crippen LogP contribution in [0.5, 0.6) is 5.75 Å². The number of hydrogen-bond acceptors (Lipinski definition) is 3. The number of benzene rings is 1. The van der Waals surface area contributed by atoms with Gasteiger partial charge in [-0.05, 0) is 12.1 Å². The van der Waals surface area contributed by atoms with Gasteiger partial charge in [-0.15, -0.1) is 0 Å². The smallest absolute Gasteiger partial charge is 0.157 e. The van der Waals surface area contributed by atoms with Crippen LogP contribution >= 0.6 is 0 Å². The number of aromatic hydroxyl groups is 1. The summed E-state index contributed by atoms with van der Waals surface area (Å²) in [6, 6.07) is 9.21. The Labute approximate surface area is 98.2 Å². The molecule has 3 aromatic rings. The summed E-state index contributed by atoms with van der Waals surface area (Å²) >= 11 is 0. The zero-order chi connectivity index (χ0) is 11.8. The van der Waals surface area contributed by atoms with Gasteiger partial charge in [0.15, 0.2) is 5.65 Å². The fraction of sp³-hybridized carbons (Fsp3) is 0.0769. The third-order valence-electron chi connectivity index (χ3n) is 2.79. The first-order valence-corrected chi connectivity index (χ1v) is 5.32. The van der Waals surface area contributed by atoms with Gasteiger partial charge in [-0.1, -0.05) is 18.2 Å². The molecule has 17 heavy (non-hydrogen) atoms. The second kappa shape index (κ2) is 3.59. The lowest BCUT2D eigenvalue weighted by Gasteiger charge is -2.04. The largest absolute Gasteiger partial charge is 0.507 e. The Morgan fingerprint density at radius 3 is 2.82 bits per heavy atom. The first kappa shape index (κ1) is 9.84. The first-order valence-electron chi connectivity index (χ1n) is 5.32. The fourth-order valence-corrected chi connectivity index (χ4v) is 1.91. The minimum atomic E-state index is 0.262. The number of phenolic OH excluding ortho intramolecular Hbond substituents is 1. The van der Waals surface area contributed by atoms with E-state index in [0.29, 0.717) is 0 Å². The Hall–Kier alpha value is -2.36. The van der Waals surface area contributed by atoms with E-state index in [4.69, 9.17) is 0 Å². The summed E-state index contributed by atoms with van der Waals surface area (Å²) < 4.78 is 1.73. The third-order valence-corrected chi connectivity index (χ3v) is 2.79. The van der Waals surface area contributed by atoms with Crippen LogP contribution in [0.2, 0.25) is 0 Å². The van der Waals surface area contributed by atoms with Crippen LogP contribution in [0, 0.1) is 0 Å². The van der Waals surface area contributed by atoms with Crippen molar-refractivity contribution in [1.29, 1.82) is 0 Å². The number of para-hydroxylation sites is 1. The number of phenols is 1. The molecule has 4 heteroatoms. The van der Waals surface area contributed by atoms with Gasteiger partial charge < -0.3 is 5.11 Å². The van der Waals surface area contributed by atoms with E-state index in [1.165, 1.54) is 0 Å². The Kier molecular flexibility index (Phi) is 2.08. The average molecular weight is 225 g/mol. The molecule has 2 aromatic heterocycles. The highest BCUT2D eigenvalue weighted by Gasteiger charge is 2.06. The van der Waals surface area contributed by atoms with E-state index < -0.39 is 0 Å². The van der Waals surface area contributed by atoms with Crippen molar-refractivity contribution in [3.05, 3.63) is 42.7 Å². The van der Waals surface area contributed by atoms with Crippen molar-refractivity contribution in [1.82, 2.24) is 14.8 Å². The summed E-state index contributed by atoms with van der Waals surface area (Å²) in [4.78, 5) is 4.35. The molecule has 2 heterocycles. The molecule has 84 valence electrons. The normalized spacial score (nSPS) is 10.9. The number of pyridine rings is 1. The van der Waals surface area contributed by atoms with Crippen LogP contribution in [0.15, 0.2) is 42.7 Å². The van der Waals surface area contributed by atoms with Crippen molar-refractivity contribution in [2.75, 3.05) is 0 Å². The standard InChI is InChI=1S/C13H11N3O/c1-16-13-10(8-15-16)6-9(7-14-13)11-4-2-3-5-12(11)17/h2-8,17H,1H3. The summed E-state index contributed by atoms with van der Waals surface area (Å²) in [5.41, 5.74) is 2.51. The molecule has 0 atom stereocenters. The van der Waals surface area contributed by atoms with Crippen LogP contribution in [0.4, 0.5) is 0 Å². The molecule has 0 aliphatic rings. The van der Waals surface area contributed by atoms with Crippen LogP contribution in [0.25, 0.3) is 22.2 Å². The Morgan fingerprint density at radius 2 is 2.00 bits per heavy atom. The lowest BCUT2D eigenvalue weighted by atomic mass is 10.1. The fourth-order valence-electron chi connectivity index (χ4n) is 1.91. The Bertz CT molecular complexity index is 688. The highest BCUT2D eigenvalue weighted by molar-refractivity contribution is 5.82. The van der Waals surface area contributed by atoms with Gasteiger partial charge in [0.2, 0.25) is 0 Å². The second-order valence-corrected chi connectivity index (χ2v) is 3.92. The van der Waals surface area contributed by atoms with Crippen LogP contribution in [0.3, 0.4) is 0 Å². The van der Waals surface area contributed by atoms with Gasteiger partial charge in [-0.3, -0.25) is 4.68 Å². The zero-order valence-corrected chi connectivity index (χ0v) is 9.33. The van der Waals surface area contributed by atoms with Gasteiger partial charge in [-0.2, -0.15) is 5.10 Å². The van der Waals surface area contributed by atoms with Crippen molar-refractivity contribution < 1.29 is 5.11 Å². The number of fused-ring (bicyclic) bond motifs is 1. The molecule has 0 spiro atoms. The number of nitrogens with zero attached hydrogens (tertiary/aromatic N) is 3. The van der Waals surface area contributed by atoms with Gasteiger partial charge in [0.25, 0.3) is 0 Å². The van der Waals surface area contributed by atoms with Gasteiger partial charge in [0.1, 0.15) is 5.75 Å². The molecule has 0 saturated heterocycles. The second-order valence-electron chi connectivity index (χ2n) is 3.92. The van der Waals surface area contributed by atoms with Crippen molar-refractivity contribution in [3.63, 3.8) is 0 Å². The van der Waals surface area contributed by atoms with E-state index in [9.17, 15) is 5.11 Å². The Morgan fingerprint density at radius 1 is 1.18 bits per heavy atom. The molecule has 0 radical (unpaired) electrons. The molecular formula is C13H11N3O.